The van der Waals surface area contributed by atoms with Gasteiger partial charge in [-0.15, -0.1) is 13.2 Å². The van der Waals surface area contributed by atoms with Crippen LogP contribution in [0.3, 0.4) is 0 Å². The first-order valence-electron chi connectivity index (χ1n) is 10.2. The topological polar surface area (TPSA) is 95.1 Å². The number of likely N-dealkylation sites (N-methyl/N-ethyl adjacent to an activating group) is 1. The number of carbonyl (C=O) groups excluding carboxylic acids is 1. The summed E-state index contributed by atoms with van der Waals surface area (Å²) < 4.78 is 47.9. The fourth-order valence-corrected chi connectivity index (χ4v) is 3.23. The molecule has 0 saturated carbocycles. The molecule has 0 aliphatic rings. The first-order valence-corrected chi connectivity index (χ1v) is 10.2. The Balaban J connectivity index is 1.46. The quantitative estimate of drug-likeness (QED) is 0.435. The lowest BCUT2D eigenvalue weighted by atomic mass is 10.1. The molecular formula is C23H20F3N5O3. The summed E-state index contributed by atoms with van der Waals surface area (Å²) in [7, 11) is 1.60. The van der Waals surface area contributed by atoms with E-state index < -0.39 is 6.36 Å². The first kappa shape index (κ1) is 23.0. The van der Waals surface area contributed by atoms with Crippen LogP contribution in [-0.2, 0) is 17.8 Å². The van der Waals surface area contributed by atoms with Crippen molar-refractivity contribution in [3.63, 3.8) is 0 Å². The van der Waals surface area contributed by atoms with Gasteiger partial charge in [-0.2, -0.15) is 10.1 Å². The van der Waals surface area contributed by atoms with Gasteiger partial charge in [-0.3, -0.25) is 9.48 Å². The monoisotopic (exact) mass is 471 g/mol. The Kier molecular flexibility index (Phi) is 6.35. The molecule has 0 saturated heterocycles. The van der Waals surface area contributed by atoms with Crippen molar-refractivity contribution >= 4 is 5.91 Å². The second kappa shape index (κ2) is 9.38. The van der Waals surface area contributed by atoms with Crippen LogP contribution < -0.4 is 10.1 Å². The Morgan fingerprint density at radius 1 is 1.09 bits per heavy atom. The summed E-state index contributed by atoms with van der Waals surface area (Å²) in [5.74, 6) is 0.0154. The summed E-state index contributed by atoms with van der Waals surface area (Å²) in [6.45, 7) is 2.40. The highest BCUT2D eigenvalue weighted by Crippen LogP contribution is 2.27. The maximum absolute atomic E-state index is 12.3. The lowest BCUT2D eigenvalue weighted by molar-refractivity contribution is -0.274. The Bertz CT molecular complexity index is 1280. The number of aryl methyl sites for hydroxylation is 1. The summed E-state index contributed by atoms with van der Waals surface area (Å²) in [5, 5.41) is 11.0. The Morgan fingerprint density at radius 2 is 1.76 bits per heavy atom. The molecule has 1 N–H and O–H groups in total. The van der Waals surface area contributed by atoms with Gasteiger partial charge in [0.05, 0.1) is 13.0 Å². The van der Waals surface area contributed by atoms with Gasteiger partial charge in [-0.25, -0.2) is 0 Å². The molecule has 0 atom stereocenters. The van der Waals surface area contributed by atoms with Crippen molar-refractivity contribution in [2.45, 2.75) is 26.3 Å². The zero-order chi connectivity index (χ0) is 24.3. The number of amides is 1. The zero-order valence-electron chi connectivity index (χ0n) is 18.3. The number of benzene rings is 2. The van der Waals surface area contributed by atoms with Crippen LogP contribution in [0.2, 0.25) is 0 Å². The summed E-state index contributed by atoms with van der Waals surface area (Å²) in [6.07, 6.45) is -4.44. The predicted molar refractivity (Wildman–Crippen MR) is 116 cm³/mol. The van der Waals surface area contributed by atoms with Gasteiger partial charge in [0.2, 0.25) is 11.7 Å². The molecule has 11 heteroatoms. The fourth-order valence-electron chi connectivity index (χ4n) is 3.23. The van der Waals surface area contributed by atoms with Crippen molar-refractivity contribution in [1.82, 2.24) is 25.2 Å². The van der Waals surface area contributed by atoms with Gasteiger partial charge in [0.25, 0.3) is 5.89 Å². The number of nitrogens with zero attached hydrogens (tertiary/aromatic N) is 4. The molecule has 1 amide bonds. The molecule has 0 aliphatic carbocycles. The number of halogens is 3. The second-order valence-corrected chi connectivity index (χ2v) is 7.49. The van der Waals surface area contributed by atoms with Crippen LogP contribution in [0.5, 0.6) is 5.75 Å². The third-order valence-corrected chi connectivity index (χ3v) is 4.97. The summed E-state index contributed by atoms with van der Waals surface area (Å²) in [6, 6.07) is 14.7. The van der Waals surface area contributed by atoms with Crippen LogP contribution in [0, 0.1) is 6.92 Å². The molecule has 0 bridgehead atoms. The van der Waals surface area contributed by atoms with Crippen molar-refractivity contribution in [2.24, 2.45) is 0 Å². The van der Waals surface area contributed by atoms with Gasteiger partial charge >= 0.3 is 6.36 Å². The van der Waals surface area contributed by atoms with Crippen LogP contribution in [0.15, 0.2) is 59.1 Å². The molecule has 176 valence electrons. The van der Waals surface area contributed by atoms with E-state index in [-0.39, 0.29) is 23.4 Å². The van der Waals surface area contributed by atoms with E-state index in [1.54, 1.807) is 17.8 Å². The van der Waals surface area contributed by atoms with Gasteiger partial charge in [-0.05, 0) is 48.4 Å². The van der Waals surface area contributed by atoms with Gasteiger partial charge in [-0.1, -0.05) is 29.4 Å². The van der Waals surface area contributed by atoms with Crippen molar-refractivity contribution in [2.75, 3.05) is 7.05 Å². The molecule has 34 heavy (non-hydrogen) atoms. The summed E-state index contributed by atoms with van der Waals surface area (Å²) in [4.78, 5) is 15.8. The number of rotatable bonds is 7. The van der Waals surface area contributed by atoms with E-state index in [9.17, 15) is 18.0 Å². The summed E-state index contributed by atoms with van der Waals surface area (Å²) >= 11 is 0. The number of alkyl halides is 3. The fraction of sp³-hybridized carbons (Fsp3) is 0.217. The van der Waals surface area contributed by atoms with E-state index >= 15 is 0 Å². The molecule has 0 aliphatic heterocycles. The molecule has 4 aromatic rings. The highest BCUT2D eigenvalue weighted by atomic mass is 19.4. The van der Waals surface area contributed by atoms with Gasteiger partial charge in [0.1, 0.15) is 5.75 Å². The van der Waals surface area contributed by atoms with Gasteiger partial charge in [0.15, 0.2) is 5.69 Å². The predicted octanol–water partition coefficient (Wildman–Crippen LogP) is 4.14. The number of hydrogen-bond donors (Lipinski definition) is 1. The zero-order valence-corrected chi connectivity index (χ0v) is 18.3. The van der Waals surface area contributed by atoms with Crippen LogP contribution >= 0.6 is 0 Å². The third kappa shape index (κ3) is 5.61. The molecule has 2 aromatic carbocycles. The lowest BCUT2D eigenvalue weighted by Gasteiger charge is -2.08. The average molecular weight is 471 g/mol. The minimum atomic E-state index is -4.76. The van der Waals surface area contributed by atoms with E-state index in [4.69, 9.17) is 4.52 Å². The van der Waals surface area contributed by atoms with E-state index in [1.807, 2.05) is 31.2 Å². The molecule has 2 aromatic heterocycles. The number of ether oxygens (including phenoxy) is 1. The maximum atomic E-state index is 12.3. The van der Waals surface area contributed by atoms with E-state index in [0.29, 0.717) is 24.2 Å². The molecule has 0 radical (unpaired) electrons. The standard InChI is InChI=1S/C23H20F3N5O3/c1-14-11-19(29-31(14)13-16-5-3-15(4-6-16)12-20(32)27-2)22-28-21(30-34-22)17-7-9-18(10-8-17)33-23(24,25)26/h3-11H,12-13H2,1-2H3,(H,27,32). The Morgan fingerprint density at radius 3 is 2.41 bits per heavy atom. The van der Waals surface area contributed by atoms with Crippen LogP contribution in [0.25, 0.3) is 23.0 Å². The molecule has 2 heterocycles. The van der Waals surface area contributed by atoms with E-state index in [1.165, 1.54) is 24.3 Å². The van der Waals surface area contributed by atoms with Crippen molar-refractivity contribution < 1.29 is 27.2 Å². The number of hydrogen-bond acceptors (Lipinski definition) is 6. The average Bonchev–Trinajstić information content (AvgIpc) is 3.42. The molecule has 0 fully saturated rings. The Hall–Kier alpha value is -4.15. The largest absolute Gasteiger partial charge is 0.573 e. The SMILES string of the molecule is CNC(=O)Cc1ccc(Cn2nc(-c3nc(-c4ccc(OC(F)(F)F)cc4)no3)cc2C)cc1. The number of nitrogens with one attached hydrogen (secondary N) is 1. The van der Waals surface area contributed by atoms with Crippen LogP contribution in [-0.4, -0.2) is 39.2 Å². The maximum Gasteiger partial charge on any atom is 0.573 e. The summed E-state index contributed by atoms with van der Waals surface area (Å²) in [5.41, 5.74) is 3.74. The third-order valence-electron chi connectivity index (χ3n) is 4.97. The van der Waals surface area contributed by atoms with Gasteiger partial charge < -0.3 is 14.6 Å². The second-order valence-electron chi connectivity index (χ2n) is 7.49. The first-order chi connectivity index (χ1) is 16.2. The van der Waals surface area contributed by atoms with Crippen molar-refractivity contribution in [1.29, 1.82) is 0 Å². The van der Waals surface area contributed by atoms with Crippen molar-refractivity contribution in [3.8, 4) is 28.7 Å². The molecular weight excluding hydrogens is 451 g/mol. The molecule has 0 unspecified atom stereocenters. The normalized spacial score (nSPS) is 11.4. The molecule has 4 rings (SSSR count). The number of carbonyl (C=O) groups is 1. The molecule has 8 nitrogen and oxygen atoms in total. The van der Waals surface area contributed by atoms with E-state index in [2.05, 4.69) is 25.3 Å². The minimum Gasteiger partial charge on any atom is -0.406 e. The highest BCUT2D eigenvalue weighted by molar-refractivity contribution is 5.78. The van der Waals surface area contributed by atoms with Crippen LogP contribution in [0.1, 0.15) is 16.8 Å². The minimum absolute atomic E-state index is 0.0511. The molecule has 0 spiro atoms. The number of aromatic nitrogens is 4. The van der Waals surface area contributed by atoms with Gasteiger partial charge in [0, 0.05) is 18.3 Å². The highest BCUT2D eigenvalue weighted by Gasteiger charge is 2.31. The van der Waals surface area contributed by atoms with Crippen LogP contribution in [0.4, 0.5) is 13.2 Å². The van der Waals surface area contributed by atoms with E-state index in [0.717, 1.165) is 16.8 Å². The lowest BCUT2D eigenvalue weighted by Crippen LogP contribution is -2.19. The Labute approximate surface area is 192 Å². The smallest absolute Gasteiger partial charge is 0.406 e. The van der Waals surface area contributed by atoms with Crippen molar-refractivity contribution in [3.05, 3.63) is 71.4 Å².